The van der Waals surface area contributed by atoms with E-state index in [2.05, 4.69) is 11.0 Å². The average molecular weight is 337 g/mol. The zero-order valence-electron chi connectivity index (χ0n) is 14.5. The van der Waals surface area contributed by atoms with Gasteiger partial charge in [-0.25, -0.2) is 4.39 Å². The van der Waals surface area contributed by atoms with Crippen LogP contribution in [0, 0.1) is 35.4 Å². The van der Waals surface area contributed by atoms with Crippen LogP contribution in [-0.2, 0) is 13.6 Å². The number of benzene rings is 1. The fraction of sp³-hybridized carbons (Fsp3) is 0.368. The van der Waals surface area contributed by atoms with Crippen molar-refractivity contribution in [1.29, 1.82) is 10.5 Å². The molecule has 0 atom stereocenters. The Kier molecular flexibility index (Phi) is 4.74. The highest BCUT2D eigenvalue weighted by atomic mass is 19.1. The molecule has 6 heteroatoms. The molecule has 1 fully saturated rings. The molecule has 3 rings (SSSR count). The van der Waals surface area contributed by atoms with Crippen LogP contribution in [-0.4, -0.2) is 35.6 Å². The minimum atomic E-state index is -0.343. The van der Waals surface area contributed by atoms with Gasteiger partial charge in [-0.2, -0.15) is 10.5 Å². The molecule has 1 aromatic heterocycles. The lowest BCUT2D eigenvalue weighted by Crippen LogP contribution is -2.46. The van der Waals surface area contributed by atoms with Gasteiger partial charge >= 0.3 is 0 Å². The summed E-state index contributed by atoms with van der Waals surface area (Å²) in [5, 5.41) is 18.0. The quantitative estimate of drug-likeness (QED) is 0.864. The Bertz CT molecular complexity index is 863. The van der Waals surface area contributed by atoms with Gasteiger partial charge in [0.25, 0.3) is 0 Å². The molecule has 0 N–H and O–H groups in total. The average Bonchev–Trinajstić information content (AvgIpc) is 2.90. The van der Waals surface area contributed by atoms with Gasteiger partial charge in [0.05, 0.1) is 17.3 Å². The Balaban J connectivity index is 1.65. The molecule has 1 aliphatic rings. The number of aromatic nitrogens is 1. The first-order chi connectivity index (χ1) is 12.0. The Morgan fingerprint density at radius 3 is 2.36 bits per heavy atom. The topological polar surface area (TPSA) is 59.0 Å². The fourth-order valence-corrected chi connectivity index (χ4v) is 3.25. The predicted octanol–water partition coefficient (Wildman–Crippen LogP) is 2.54. The number of hydrogen-bond donors (Lipinski definition) is 0. The molecule has 2 heterocycles. The lowest BCUT2D eigenvalue weighted by Gasteiger charge is -2.36. The number of nitrogens with zero attached hydrogens (tertiary/aromatic N) is 5. The second-order valence-corrected chi connectivity index (χ2v) is 6.35. The van der Waals surface area contributed by atoms with E-state index in [9.17, 15) is 4.39 Å². The number of hydrogen-bond acceptors (Lipinski definition) is 4. The summed E-state index contributed by atoms with van der Waals surface area (Å²) in [6, 6.07) is 10.7. The summed E-state index contributed by atoms with van der Waals surface area (Å²) in [4.78, 5) is 4.34. The third-order valence-electron chi connectivity index (χ3n) is 4.94. The molecular weight excluding hydrogens is 317 g/mol. The van der Waals surface area contributed by atoms with Crippen LogP contribution in [0.1, 0.15) is 22.5 Å². The SMILES string of the molecule is Cc1c(CN2CCN(c3ccc(C#N)cc3F)CC2)cc(C#N)n1C. The van der Waals surface area contributed by atoms with Crippen LogP contribution in [0.15, 0.2) is 24.3 Å². The molecule has 0 saturated carbocycles. The Labute approximate surface area is 147 Å². The smallest absolute Gasteiger partial charge is 0.147 e. The van der Waals surface area contributed by atoms with Crippen molar-refractivity contribution in [2.24, 2.45) is 7.05 Å². The van der Waals surface area contributed by atoms with E-state index < -0.39 is 0 Å². The van der Waals surface area contributed by atoms with Crippen LogP contribution in [0.3, 0.4) is 0 Å². The Morgan fingerprint density at radius 2 is 1.80 bits per heavy atom. The summed E-state index contributed by atoms with van der Waals surface area (Å²) in [6.07, 6.45) is 0. The van der Waals surface area contributed by atoms with Crippen LogP contribution < -0.4 is 4.90 Å². The standard InChI is InChI=1S/C19H20FN5/c1-14-16(10-17(12-22)23(14)2)13-24-5-7-25(8-6-24)19-4-3-15(11-21)9-18(19)20/h3-4,9-10H,5-8,13H2,1-2H3. The van der Waals surface area contributed by atoms with Crippen molar-refractivity contribution in [3.8, 4) is 12.1 Å². The van der Waals surface area contributed by atoms with Crippen molar-refractivity contribution in [3.63, 3.8) is 0 Å². The van der Waals surface area contributed by atoms with Crippen molar-refractivity contribution >= 4 is 5.69 Å². The molecule has 128 valence electrons. The third-order valence-corrected chi connectivity index (χ3v) is 4.94. The maximum atomic E-state index is 14.2. The van der Waals surface area contributed by atoms with E-state index in [4.69, 9.17) is 10.5 Å². The molecule has 0 amide bonds. The predicted molar refractivity (Wildman–Crippen MR) is 93.5 cm³/mol. The summed E-state index contributed by atoms with van der Waals surface area (Å²) in [7, 11) is 1.91. The minimum Gasteiger partial charge on any atom is -0.367 e. The minimum absolute atomic E-state index is 0.340. The molecule has 0 bridgehead atoms. The first kappa shape index (κ1) is 17.0. The van der Waals surface area contributed by atoms with Gasteiger partial charge in [0.1, 0.15) is 17.6 Å². The second-order valence-electron chi connectivity index (χ2n) is 6.35. The zero-order valence-corrected chi connectivity index (χ0v) is 14.5. The van der Waals surface area contributed by atoms with Gasteiger partial charge in [-0.3, -0.25) is 4.90 Å². The molecule has 5 nitrogen and oxygen atoms in total. The highest BCUT2D eigenvalue weighted by Gasteiger charge is 2.21. The maximum absolute atomic E-state index is 14.2. The monoisotopic (exact) mass is 337 g/mol. The molecule has 0 aliphatic carbocycles. The summed E-state index contributed by atoms with van der Waals surface area (Å²) >= 11 is 0. The van der Waals surface area contributed by atoms with Gasteiger partial charge in [0.2, 0.25) is 0 Å². The van der Waals surface area contributed by atoms with Crippen LogP contribution in [0.5, 0.6) is 0 Å². The second kappa shape index (κ2) is 6.96. The van der Waals surface area contributed by atoms with E-state index >= 15 is 0 Å². The van der Waals surface area contributed by atoms with Crippen molar-refractivity contribution < 1.29 is 4.39 Å². The maximum Gasteiger partial charge on any atom is 0.147 e. The van der Waals surface area contributed by atoms with Gasteiger partial charge in [0.15, 0.2) is 0 Å². The van der Waals surface area contributed by atoms with Gasteiger partial charge in [-0.15, -0.1) is 0 Å². The van der Waals surface area contributed by atoms with Crippen LogP contribution in [0.4, 0.5) is 10.1 Å². The molecule has 0 radical (unpaired) electrons. The molecule has 1 saturated heterocycles. The van der Waals surface area contributed by atoms with Gasteiger partial charge in [-0.1, -0.05) is 0 Å². The summed E-state index contributed by atoms with van der Waals surface area (Å²) in [5.74, 6) is -0.343. The molecular formula is C19H20FN5. The van der Waals surface area contributed by atoms with Gasteiger partial charge < -0.3 is 9.47 Å². The normalized spacial score (nSPS) is 15.0. The van der Waals surface area contributed by atoms with Crippen LogP contribution >= 0.6 is 0 Å². The number of rotatable bonds is 3. The van der Waals surface area contributed by atoms with Crippen molar-refractivity contribution in [3.05, 3.63) is 52.6 Å². The van der Waals surface area contributed by atoms with E-state index in [1.165, 1.54) is 6.07 Å². The summed E-state index contributed by atoms with van der Waals surface area (Å²) in [6.45, 7) is 5.95. The molecule has 1 aromatic carbocycles. The van der Waals surface area contributed by atoms with Gasteiger partial charge in [0, 0.05) is 45.5 Å². The van der Waals surface area contributed by atoms with E-state index in [1.54, 1.807) is 12.1 Å². The number of halogens is 1. The van der Waals surface area contributed by atoms with E-state index in [1.807, 2.05) is 35.6 Å². The molecule has 0 unspecified atom stereocenters. The molecule has 1 aliphatic heterocycles. The highest BCUT2D eigenvalue weighted by molar-refractivity contribution is 5.51. The Morgan fingerprint density at radius 1 is 1.08 bits per heavy atom. The number of piperazine rings is 1. The largest absolute Gasteiger partial charge is 0.367 e. The summed E-state index contributed by atoms with van der Waals surface area (Å²) in [5.41, 5.74) is 3.84. The fourth-order valence-electron chi connectivity index (χ4n) is 3.25. The highest BCUT2D eigenvalue weighted by Crippen LogP contribution is 2.23. The van der Waals surface area contributed by atoms with Crippen LogP contribution in [0.2, 0.25) is 0 Å². The first-order valence-electron chi connectivity index (χ1n) is 8.25. The number of nitriles is 2. The molecule has 25 heavy (non-hydrogen) atoms. The van der Waals surface area contributed by atoms with Crippen LogP contribution in [0.25, 0.3) is 0 Å². The lowest BCUT2D eigenvalue weighted by molar-refractivity contribution is 0.248. The number of anilines is 1. The van der Waals surface area contributed by atoms with E-state index in [0.29, 0.717) is 16.9 Å². The Hall–Kier alpha value is -2.83. The van der Waals surface area contributed by atoms with Crippen molar-refractivity contribution in [2.75, 3.05) is 31.1 Å². The van der Waals surface area contributed by atoms with E-state index in [-0.39, 0.29) is 5.82 Å². The van der Waals surface area contributed by atoms with Gasteiger partial charge in [-0.05, 0) is 36.8 Å². The molecule has 2 aromatic rings. The van der Waals surface area contributed by atoms with Crippen molar-refractivity contribution in [2.45, 2.75) is 13.5 Å². The van der Waals surface area contributed by atoms with E-state index in [0.717, 1.165) is 44.0 Å². The van der Waals surface area contributed by atoms with Crippen molar-refractivity contribution in [1.82, 2.24) is 9.47 Å². The first-order valence-corrected chi connectivity index (χ1v) is 8.25. The zero-order chi connectivity index (χ0) is 18.0. The molecule has 0 spiro atoms. The third kappa shape index (κ3) is 3.35. The summed E-state index contributed by atoms with van der Waals surface area (Å²) < 4.78 is 16.1. The lowest BCUT2D eigenvalue weighted by atomic mass is 10.1.